The van der Waals surface area contributed by atoms with Gasteiger partial charge in [0, 0.05) is 55.5 Å². The molecule has 0 bridgehead atoms. The summed E-state index contributed by atoms with van der Waals surface area (Å²) in [5.74, 6) is 1.52. The van der Waals surface area contributed by atoms with Crippen LogP contribution >= 0.6 is 0 Å². The number of aromatic nitrogens is 5. The Morgan fingerprint density at radius 1 is 0.421 bits per heavy atom. The molecule has 11 rings (SSSR count). The van der Waals surface area contributed by atoms with Crippen LogP contribution < -0.4 is 0 Å². The zero-order valence-electron chi connectivity index (χ0n) is 31.6. The number of aryl methyl sites for hydroxylation is 1. The molecule has 5 heteroatoms. The van der Waals surface area contributed by atoms with Gasteiger partial charge in [-0.15, -0.1) is 0 Å². The normalized spacial score (nSPS) is 12.0. The summed E-state index contributed by atoms with van der Waals surface area (Å²) in [6.45, 7) is 4.25. The van der Waals surface area contributed by atoms with Crippen molar-refractivity contribution < 1.29 is 0 Å². The zero-order valence-corrected chi connectivity index (χ0v) is 31.6. The summed E-state index contributed by atoms with van der Waals surface area (Å²) in [7, 11) is 0. The summed E-state index contributed by atoms with van der Waals surface area (Å²) in [4.78, 5) is 10.4. The Bertz CT molecular complexity index is 3350. The average molecular weight is 732 g/mol. The summed E-state index contributed by atoms with van der Waals surface area (Å²) in [6.07, 6.45) is 4.27. The van der Waals surface area contributed by atoms with E-state index in [-0.39, 0.29) is 0 Å². The van der Waals surface area contributed by atoms with Crippen LogP contribution in [-0.2, 0) is 0 Å². The molecule has 0 aliphatic heterocycles. The lowest BCUT2D eigenvalue weighted by Gasteiger charge is -2.14. The highest BCUT2D eigenvalue weighted by Gasteiger charge is 2.20. The van der Waals surface area contributed by atoms with E-state index in [1.807, 2.05) is 18.2 Å². The molecular formula is C52H37N5. The number of hydrogen-bond acceptors (Lipinski definition) is 2. The SMILES string of the molecule is C/C=C\c1c(C)c2ccccc2n1-c1cc(-c2ccc(-n3c4ccccc4c4cc5c6ccccc6n(-c6ccccc6)c5cc43)cc2)nc(-c2ccccc2)n1. The number of allylic oxidation sites excluding steroid dienone is 1. The maximum Gasteiger partial charge on any atom is 0.162 e. The van der Waals surface area contributed by atoms with Crippen molar-refractivity contribution in [1.29, 1.82) is 0 Å². The molecule has 0 saturated heterocycles. The summed E-state index contributed by atoms with van der Waals surface area (Å²) < 4.78 is 7.06. The van der Waals surface area contributed by atoms with Gasteiger partial charge in [0.05, 0.1) is 39.0 Å². The number of para-hydroxylation sites is 4. The molecular weight excluding hydrogens is 695 g/mol. The zero-order chi connectivity index (χ0) is 38.0. The smallest absolute Gasteiger partial charge is 0.162 e. The molecule has 0 aliphatic rings. The van der Waals surface area contributed by atoms with Crippen LogP contribution in [0.4, 0.5) is 0 Å². The molecule has 5 nitrogen and oxygen atoms in total. The molecule has 0 spiro atoms. The number of benzene rings is 7. The van der Waals surface area contributed by atoms with Gasteiger partial charge in [-0.1, -0.05) is 121 Å². The van der Waals surface area contributed by atoms with Crippen LogP contribution in [0.5, 0.6) is 0 Å². The fourth-order valence-corrected chi connectivity index (χ4v) is 8.78. The lowest BCUT2D eigenvalue weighted by molar-refractivity contribution is 1.00. The molecule has 0 N–H and O–H groups in total. The summed E-state index contributed by atoms with van der Waals surface area (Å²) in [6, 6.07) is 62.7. The molecule has 11 aromatic rings. The number of nitrogens with zero attached hydrogens (tertiary/aromatic N) is 5. The van der Waals surface area contributed by atoms with Gasteiger partial charge in [-0.25, -0.2) is 9.97 Å². The first kappa shape index (κ1) is 32.9. The molecule has 0 saturated carbocycles. The average Bonchev–Trinajstić information content (AvgIpc) is 3.88. The largest absolute Gasteiger partial charge is 0.309 e. The lowest BCUT2D eigenvalue weighted by atomic mass is 10.1. The van der Waals surface area contributed by atoms with Crippen molar-refractivity contribution >= 4 is 60.6 Å². The van der Waals surface area contributed by atoms with E-state index in [0.717, 1.165) is 45.2 Å². The Morgan fingerprint density at radius 2 is 0.947 bits per heavy atom. The van der Waals surface area contributed by atoms with Gasteiger partial charge in [-0.3, -0.25) is 4.57 Å². The Morgan fingerprint density at radius 3 is 1.56 bits per heavy atom. The van der Waals surface area contributed by atoms with Crippen molar-refractivity contribution in [2.45, 2.75) is 13.8 Å². The summed E-state index contributed by atoms with van der Waals surface area (Å²) >= 11 is 0. The molecule has 0 fully saturated rings. The Labute approximate surface area is 330 Å². The molecule has 270 valence electrons. The lowest BCUT2D eigenvalue weighted by Crippen LogP contribution is -2.04. The monoisotopic (exact) mass is 731 g/mol. The van der Waals surface area contributed by atoms with Gasteiger partial charge in [-0.05, 0) is 80.1 Å². The van der Waals surface area contributed by atoms with E-state index in [1.54, 1.807) is 0 Å². The van der Waals surface area contributed by atoms with Crippen LogP contribution in [0.25, 0.3) is 100 Å². The van der Waals surface area contributed by atoms with Crippen molar-refractivity contribution in [3.63, 3.8) is 0 Å². The first-order valence-corrected chi connectivity index (χ1v) is 19.5. The van der Waals surface area contributed by atoms with Crippen molar-refractivity contribution in [3.8, 4) is 39.8 Å². The van der Waals surface area contributed by atoms with Crippen molar-refractivity contribution in [3.05, 3.63) is 193 Å². The predicted octanol–water partition coefficient (Wildman–Crippen LogP) is 13.3. The number of hydrogen-bond donors (Lipinski definition) is 0. The second kappa shape index (κ2) is 13.1. The van der Waals surface area contributed by atoms with E-state index in [4.69, 9.17) is 9.97 Å². The first-order valence-electron chi connectivity index (χ1n) is 19.5. The summed E-state index contributed by atoms with van der Waals surface area (Å²) in [5, 5.41) is 6.17. The minimum absolute atomic E-state index is 0.689. The van der Waals surface area contributed by atoms with Crippen molar-refractivity contribution in [2.24, 2.45) is 0 Å². The van der Waals surface area contributed by atoms with Crippen LogP contribution in [0.15, 0.2) is 182 Å². The Kier molecular flexibility index (Phi) is 7.54. The molecule has 4 aromatic heterocycles. The molecule has 0 amide bonds. The van der Waals surface area contributed by atoms with Crippen molar-refractivity contribution in [1.82, 2.24) is 23.7 Å². The fourth-order valence-electron chi connectivity index (χ4n) is 8.78. The van der Waals surface area contributed by atoms with E-state index >= 15 is 0 Å². The molecule has 0 unspecified atom stereocenters. The summed E-state index contributed by atoms with van der Waals surface area (Å²) in [5.41, 5.74) is 13.3. The fraction of sp³-hybridized carbons (Fsp3) is 0.0385. The van der Waals surface area contributed by atoms with Crippen LogP contribution in [0.2, 0.25) is 0 Å². The van der Waals surface area contributed by atoms with E-state index in [2.05, 4.69) is 197 Å². The van der Waals surface area contributed by atoms with Gasteiger partial charge < -0.3 is 9.13 Å². The number of fused-ring (bicyclic) bond motifs is 7. The second-order valence-electron chi connectivity index (χ2n) is 14.6. The van der Waals surface area contributed by atoms with Crippen LogP contribution in [0.3, 0.4) is 0 Å². The number of rotatable bonds is 6. The molecule has 57 heavy (non-hydrogen) atoms. The Hall–Kier alpha value is -7.50. The van der Waals surface area contributed by atoms with Gasteiger partial charge in [-0.2, -0.15) is 0 Å². The minimum atomic E-state index is 0.689. The molecule has 7 aromatic carbocycles. The molecule has 0 atom stereocenters. The third kappa shape index (κ3) is 5.16. The van der Waals surface area contributed by atoms with Crippen molar-refractivity contribution in [2.75, 3.05) is 0 Å². The molecule has 4 heterocycles. The molecule has 0 radical (unpaired) electrons. The van der Waals surface area contributed by atoms with E-state index in [9.17, 15) is 0 Å². The standard InChI is InChI=1S/C52H37N5/c1-3-16-45-34(2)39-21-10-13-24-46(39)57(45)51-32-44(53-52(54-51)36-17-6-4-7-18-36)35-27-29-38(30-28-35)56-48-26-15-12-23-41(48)43-31-42-40-22-11-14-25-47(40)55(49(42)33-50(43)56)37-19-8-5-9-20-37/h3-33H,1-2H3/b16-3-. The highest BCUT2D eigenvalue weighted by molar-refractivity contribution is 6.19. The van der Waals surface area contributed by atoms with Gasteiger partial charge in [0.25, 0.3) is 0 Å². The maximum absolute atomic E-state index is 5.21. The second-order valence-corrected chi connectivity index (χ2v) is 14.6. The van der Waals surface area contributed by atoms with Crippen LogP contribution in [0.1, 0.15) is 18.2 Å². The van der Waals surface area contributed by atoms with Gasteiger partial charge in [0.2, 0.25) is 0 Å². The van der Waals surface area contributed by atoms with E-state index in [1.165, 1.54) is 54.6 Å². The van der Waals surface area contributed by atoms with E-state index in [0.29, 0.717) is 5.82 Å². The van der Waals surface area contributed by atoms with Gasteiger partial charge in [0.15, 0.2) is 5.82 Å². The first-order chi connectivity index (χ1) is 28.2. The van der Waals surface area contributed by atoms with Gasteiger partial charge in [0.1, 0.15) is 5.82 Å². The highest BCUT2D eigenvalue weighted by atomic mass is 15.1. The van der Waals surface area contributed by atoms with E-state index < -0.39 is 0 Å². The quantitative estimate of drug-likeness (QED) is 0.171. The third-order valence-electron chi connectivity index (χ3n) is 11.4. The van der Waals surface area contributed by atoms with Crippen LogP contribution in [-0.4, -0.2) is 23.7 Å². The third-order valence-corrected chi connectivity index (χ3v) is 11.4. The molecule has 0 aliphatic carbocycles. The minimum Gasteiger partial charge on any atom is -0.309 e. The Balaban J connectivity index is 1.11. The maximum atomic E-state index is 5.21. The van der Waals surface area contributed by atoms with Crippen LogP contribution in [0, 0.1) is 6.92 Å². The predicted molar refractivity (Wildman–Crippen MR) is 238 cm³/mol. The van der Waals surface area contributed by atoms with Gasteiger partial charge >= 0.3 is 0 Å². The topological polar surface area (TPSA) is 40.6 Å². The highest BCUT2D eigenvalue weighted by Crippen LogP contribution is 2.40.